The lowest BCUT2D eigenvalue weighted by Crippen LogP contribution is -2.55. The molecule has 41 heavy (non-hydrogen) atoms. The van der Waals surface area contributed by atoms with Crippen LogP contribution in [0, 0.1) is 35.0 Å². The molecule has 4 nitrogen and oxygen atoms in total. The van der Waals surface area contributed by atoms with Gasteiger partial charge in [0.05, 0.1) is 17.8 Å². The lowest BCUT2D eigenvalue weighted by atomic mass is 9.60. The molecule has 234 valence electrons. The van der Waals surface area contributed by atoms with E-state index in [4.69, 9.17) is 0 Å². The summed E-state index contributed by atoms with van der Waals surface area (Å²) in [5, 5.41) is 39.7. The zero-order valence-corrected chi connectivity index (χ0v) is 24.1. The van der Waals surface area contributed by atoms with E-state index in [1.54, 1.807) is 13.8 Å². The molecule has 3 rings (SSSR count). The highest BCUT2D eigenvalue weighted by Gasteiger charge is 2.70. The van der Waals surface area contributed by atoms with Crippen LogP contribution in [-0.4, -0.2) is 56.2 Å². The fraction of sp³-hybridized carbons (Fsp3) is 0.806. The fourth-order valence-corrected chi connectivity index (χ4v) is 7.44. The normalized spacial score (nSPS) is 31.4. The van der Waals surface area contributed by atoms with Gasteiger partial charge in [0.2, 0.25) is 0 Å². The Labute approximate surface area is 238 Å². The van der Waals surface area contributed by atoms with Crippen LogP contribution in [0.25, 0.3) is 0 Å². The molecule has 0 spiro atoms. The average Bonchev–Trinajstić information content (AvgIpc) is 3.16. The molecule has 0 unspecified atom stereocenters. The van der Waals surface area contributed by atoms with Crippen molar-refractivity contribution in [3.63, 3.8) is 0 Å². The molecule has 10 heteroatoms. The van der Waals surface area contributed by atoms with E-state index in [-0.39, 0.29) is 29.6 Å². The summed E-state index contributed by atoms with van der Waals surface area (Å²) in [7, 11) is 0. The number of allylic oxidation sites excluding steroid dienone is 3. The molecular weight excluding hydrogens is 550 g/mol. The van der Waals surface area contributed by atoms with E-state index in [2.05, 4.69) is 18.9 Å². The van der Waals surface area contributed by atoms with Gasteiger partial charge in [-0.1, -0.05) is 42.6 Å². The topological polar surface area (TPSA) is 80.9 Å². The van der Waals surface area contributed by atoms with E-state index in [9.17, 15) is 46.8 Å². The molecule has 3 aliphatic rings. The zero-order valence-electron chi connectivity index (χ0n) is 24.1. The summed E-state index contributed by atoms with van der Waals surface area (Å²) in [6.07, 6.45) is -2.19. The number of hydrogen-bond acceptors (Lipinski definition) is 4. The van der Waals surface area contributed by atoms with Crippen LogP contribution < -0.4 is 0 Å². The Bertz CT molecular complexity index is 1000. The Morgan fingerprint density at radius 1 is 0.976 bits per heavy atom. The van der Waals surface area contributed by atoms with Gasteiger partial charge in [0, 0.05) is 6.42 Å². The Kier molecular flexibility index (Phi) is 10.4. The van der Waals surface area contributed by atoms with E-state index < -0.39 is 35.8 Å². The summed E-state index contributed by atoms with van der Waals surface area (Å²) in [4.78, 5) is 0. The summed E-state index contributed by atoms with van der Waals surface area (Å²) >= 11 is 0. The maximum absolute atomic E-state index is 13.2. The Morgan fingerprint density at radius 3 is 2.15 bits per heavy atom. The maximum Gasteiger partial charge on any atom is 0.438 e. The molecule has 0 radical (unpaired) electrons. The molecule has 6 atom stereocenters. The van der Waals surface area contributed by atoms with Crippen LogP contribution in [0.5, 0.6) is 0 Å². The maximum atomic E-state index is 13.2. The van der Waals surface area contributed by atoms with Crippen molar-refractivity contribution in [2.24, 2.45) is 23.2 Å². The van der Waals surface area contributed by atoms with Gasteiger partial charge in [0.1, 0.15) is 0 Å². The standard InChI is InChI=1S/C31H44F6O4/c1-27(2,40)14-4-7-21(9-6-16-29(41,30(32,33)34)31(35,36)37)25-12-13-26-22(8-5-15-28(25,26)3)11-10-20-17-23(38)19-24(39)18-20/h10-11,21,23-26,38-41H,4-5,7-9,12-15,17-19H2,1-3H3/b22-11+/t21-,23+,24+,25-,26+,28-/m1/s1. The first kappa shape index (κ1) is 34.0. The van der Waals surface area contributed by atoms with Crippen LogP contribution in [-0.2, 0) is 0 Å². The van der Waals surface area contributed by atoms with Crippen molar-refractivity contribution in [2.75, 3.05) is 0 Å². The second kappa shape index (κ2) is 12.6. The predicted molar refractivity (Wildman–Crippen MR) is 143 cm³/mol. The van der Waals surface area contributed by atoms with Crippen molar-refractivity contribution in [1.29, 1.82) is 0 Å². The molecule has 0 heterocycles. The lowest BCUT2D eigenvalue weighted by Gasteiger charge is -2.45. The molecule has 0 aromatic rings. The third-order valence-corrected chi connectivity index (χ3v) is 9.50. The van der Waals surface area contributed by atoms with E-state index >= 15 is 0 Å². The van der Waals surface area contributed by atoms with Crippen LogP contribution in [0.15, 0.2) is 23.3 Å². The summed E-state index contributed by atoms with van der Waals surface area (Å²) in [6, 6.07) is 0. The van der Waals surface area contributed by atoms with E-state index in [1.165, 1.54) is 5.57 Å². The van der Waals surface area contributed by atoms with Crippen LogP contribution in [0.4, 0.5) is 26.3 Å². The number of alkyl halides is 6. The van der Waals surface area contributed by atoms with Gasteiger partial charge >= 0.3 is 18.0 Å². The largest absolute Gasteiger partial charge is 0.438 e. The minimum Gasteiger partial charge on any atom is -0.393 e. The van der Waals surface area contributed by atoms with Gasteiger partial charge in [-0.25, -0.2) is 0 Å². The third kappa shape index (κ3) is 8.10. The number of aliphatic hydroxyl groups is 4. The number of hydrogen-bond donors (Lipinski definition) is 4. The van der Waals surface area contributed by atoms with Crippen LogP contribution >= 0.6 is 0 Å². The molecule has 4 N–H and O–H groups in total. The minimum absolute atomic E-state index is 0.00292. The van der Waals surface area contributed by atoms with Gasteiger partial charge in [-0.3, -0.25) is 0 Å². The number of rotatable bonds is 7. The number of aliphatic hydroxyl groups excluding tert-OH is 2. The molecule has 0 amide bonds. The monoisotopic (exact) mass is 594 g/mol. The predicted octanol–water partition coefficient (Wildman–Crippen LogP) is 6.77. The van der Waals surface area contributed by atoms with Crippen molar-refractivity contribution in [1.82, 2.24) is 0 Å². The second-order valence-corrected chi connectivity index (χ2v) is 13.3. The van der Waals surface area contributed by atoms with Gasteiger partial charge in [0.25, 0.3) is 0 Å². The average molecular weight is 595 g/mol. The zero-order chi connectivity index (χ0) is 30.9. The lowest BCUT2D eigenvalue weighted by molar-refractivity contribution is -0.343. The highest BCUT2D eigenvalue weighted by molar-refractivity contribution is 5.27. The molecule has 3 fully saturated rings. The van der Waals surface area contributed by atoms with Gasteiger partial charge in [-0.05, 0) is 107 Å². The van der Waals surface area contributed by atoms with Crippen molar-refractivity contribution in [3.05, 3.63) is 23.3 Å². The molecule has 0 aromatic carbocycles. The third-order valence-electron chi connectivity index (χ3n) is 9.50. The second-order valence-electron chi connectivity index (χ2n) is 13.3. The summed E-state index contributed by atoms with van der Waals surface area (Å²) in [5.74, 6) is 3.13. The van der Waals surface area contributed by atoms with Gasteiger partial charge in [-0.15, -0.1) is 0 Å². The Morgan fingerprint density at radius 2 is 1.59 bits per heavy atom. The molecule has 0 aliphatic heterocycles. The SMILES string of the molecule is CC(C)(O)CCC[C@H](CC#CC(O)(C(F)(F)F)C(F)(F)F)[C@H]1CC[C@H]2/C(=C/C=C3C[C@H](O)C[C@@H](O)C3)CCC[C@]12C. The Balaban J connectivity index is 1.87. The summed E-state index contributed by atoms with van der Waals surface area (Å²) in [5.41, 5.74) is -4.05. The summed E-state index contributed by atoms with van der Waals surface area (Å²) < 4.78 is 79.2. The van der Waals surface area contributed by atoms with Crippen molar-refractivity contribution in [2.45, 2.75) is 134 Å². The van der Waals surface area contributed by atoms with Gasteiger partial charge < -0.3 is 20.4 Å². The molecular formula is C31H44F6O4. The summed E-state index contributed by atoms with van der Waals surface area (Å²) in [6.45, 7) is 5.46. The van der Waals surface area contributed by atoms with Crippen molar-refractivity contribution < 1.29 is 46.8 Å². The van der Waals surface area contributed by atoms with Crippen LogP contribution in [0.2, 0.25) is 0 Å². The molecule has 3 aliphatic carbocycles. The fourth-order valence-electron chi connectivity index (χ4n) is 7.44. The Hall–Kier alpha value is -1.54. The highest BCUT2D eigenvalue weighted by atomic mass is 19.4. The van der Waals surface area contributed by atoms with Crippen molar-refractivity contribution >= 4 is 0 Å². The van der Waals surface area contributed by atoms with Crippen molar-refractivity contribution in [3.8, 4) is 11.8 Å². The first-order valence-electron chi connectivity index (χ1n) is 14.6. The number of fused-ring (bicyclic) bond motifs is 1. The smallest absolute Gasteiger partial charge is 0.393 e. The first-order chi connectivity index (χ1) is 18.8. The minimum atomic E-state index is -5.99. The van der Waals surface area contributed by atoms with E-state index in [0.29, 0.717) is 38.5 Å². The van der Waals surface area contributed by atoms with Gasteiger partial charge in [0.15, 0.2) is 0 Å². The van der Waals surface area contributed by atoms with Crippen LogP contribution in [0.3, 0.4) is 0 Å². The van der Waals surface area contributed by atoms with Crippen LogP contribution in [0.1, 0.15) is 97.8 Å². The van der Waals surface area contributed by atoms with E-state index in [0.717, 1.165) is 43.6 Å². The highest BCUT2D eigenvalue weighted by Crippen LogP contribution is 2.60. The first-order valence-corrected chi connectivity index (χ1v) is 14.6. The van der Waals surface area contributed by atoms with Gasteiger partial charge in [-0.2, -0.15) is 26.3 Å². The molecule has 0 bridgehead atoms. The quantitative estimate of drug-likeness (QED) is 0.194. The molecule has 0 saturated heterocycles. The molecule has 0 aromatic heterocycles. The number of halogens is 6. The molecule has 3 saturated carbocycles. The van der Waals surface area contributed by atoms with E-state index in [1.807, 2.05) is 6.08 Å².